The number of rotatable bonds is 5. The molecule has 1 atom stereocenters. The Hall–Kier alpha value is -1.50. The number of ether oxygens (including phenoxy) is 1. The monoisotopic (exact) mass is 339 g/mol. The summed E-state index contributed by atoms with van der Waals surface area (Å²) in [7, 11) is 1.84. The Morgan fingerprint density at radius 2 is 2.22 bits per heavy atom. The van der Waals surface area contributed by atoms with Crippen LogP contribution in [0.1, 0.15) is 40.0 Å². The third-order valence-corrected chi connectivity index (χ3v) is 4.72. The molecular weight excluding hydrogens is 314 g/mol. The van der Waals surface area contributed by atoms with E-state index in [-0.39, 0.29) is 17.1 Å². The zero-order valence-electron chi connectivity index (χ0n) is 14.2. The first-order valence-corrected chi connectivity index (χ1v) is 8.94. The molecule has 0 aliphatic carbocycles. The van der Waals surface area contributed by atoms with Crippen LogP contribution in [0.15, 0.2) is 12.4 Å². The standard InChI is InChI=1S/C16H25N3O3S/c1-16(2,3)22-14(20)7-9-23-13-6-5-8-19(15(13)21)12-10-17-18(4)11-12/h10-11,13H,5-9H2,1-4H3/t13-/m0/s1. The van der Waals surface area contributed by atoms with Crippen LogP contribution >= 0.6 is 11.8 Å². The molecule has 1 aliphatic rings. The molecule has 2 rings (SSSR count). The van der Waals surface area contributed by atoms with Crippen molar-refractivity contribution in [3.8, 4) is 0 Å². The van der Waals surface area contributed by atoms with Gasteiger partial charge in [0.25, 0.3) is 0 Å². The molecule has 0 N–H and O–H groups in total. The number of anilines is 1. The van der Waals surface area contributed by atoms with Gasteiger partial charge in [-0.3, -0.25) is 14.3 Å². The van der Waals surface area contributed by atoms with Crippen LogP contribution in [0.3, 0.4) is 0 Å². The molecule has 0 saturated carbocycles. The van der Waals surface area contributed by atoms with Crippen LogP contribution in [0.2, 0.25) is 0 Å². The largest absolute Gasteiger partial charge is 0.460 e. The van der Waals surface area contributed by atoms with Gasteiger partial charge in [-0.2, -0.15) is 5.10 Å². The van der Waals surface area contributed by atoms with Gasteiger partial charge in [0, 0.05) is 25.5 Å². The summed E-state index contributed by atoms with van der Waals surface area (Å²) >= 11 is 1.55. The van der Waals surface area contributed by atoms with Gasteiger partial charge >= 0.3 is 5.97 Å². The molecule has 1 saturated heterocycles. The van der Waals surface area contributed by atoms with Crippen molar-refractivity contribution in [1.82, 2.24) is 9.78 Å². The topological polar surface area (TPSA) is 64.4 Å². The van der Waals surface area contributed by atoms with Gasteiger partial charge in [-0.15, -0.1) is 11.8 Å². The first kappa shape index (κ1) is 17.8. The maximum absolute atomic E-state index is 12.6. The lowest BCUT2D eigenvalue weighted by atomic mass is 10.1. The van der Waals surface area contributed by atoms with Crippen LogP contribution < -0.4 is 4.90 Å². The van der Waals surface area contributed by atoms with Crippen LogP contribution in [0.4, 0.5) is 5.69 Å². The van der Waals surface area contributed by atoms with E-state index in [0.29, 0.717) is 12.2 Å². The lowest BCUT2D eigenvalue weighted by Crippen LogP contribution is -2.43. The van der Waals surface area contributed by atoms with Gasteiger partial charge in [0.15, 0.2) is 0 Å². The number of thioether (sulfide) groups is 1. The number of aromatic nitrogens is 2. The minimum atomic E-state index is -0.459. The molecule has 0 radical (unpaired) electrons. The predicted molar refractivity (Wildman–Crippen MR) is 91.5 cm³/mol. The number of amides is 1. The van der Waals surface area contributed by atoms with Gasteiger partial charge in [-0.25, -0.2) is 0 Å². The molecule has 0 unspecified atom stereocenters. The maximum Gasteiger partial charge on any atom is 0.307 e. The molecule has 0 spiro atoms. The second-order valence-corrected chi connectivity index (χ2v) is 8.01. The highest BCUT2D eigenvalue weighted by molar-refractivity contribution is 8.00. The van der Waals surface area contributed by atoms with Crippen LogP contribution in [0.25, 0.3) is 0 Å². The van der Waals surface area contributed by atoms with Gasteiger partial charge in [0.1, 0.15) is 5.60 Å². The molecule has 0 aromatic carbocycles. The average molecular weight is 339 g/mol. The molecule has 6 nitrogen and oxygen atoms in total. The summed E-state index contributed by atoms with van der Waals surface area (Å²) in [6, 6.07) is 0. The summed E-state index contributed by atoms with van der Waals surface area (Å²) in [4.78, 5) is 26.1. The molecule has 1 aliphatic heterocycles. The molecule has 23 heavy (non-hydrogen) atoms. The van der Waals surface area contributed by atoms with Gasteiger partial charge in [0.05, 0.1) is 23.6 Å². The minimum Gasteiger partial charge on any atom is -0.460 e. The van der Waals surface area contributed by atoms with Crippen molar-refractivity contribution in [3.63, 3.8) is 0 Å². The fraction of sp³-hybridized carbons (Fsp3) is 0.688. The van der Waals surface area contributed by atoms with Crippen molar-refractivity contribution in [3.05, 3.63) is 12.4 Å². The minimum absolute atomic E-state index is 0.0913. The normalized spacial score (nSPS) is 19.0. The van der Waals surface area contributed by atoms with Crippen LogP contribution in [-0.4, -0.2) is 44.8 Å². The fourth-order valence-corrected chi connectivity index (χ4v) is 3.65. The number of aryl methyl sites for hydroxylation is 1. The Balaban J connectivity index is 1.83. The quantitative estimate of drug-likeness (QED) is 0.771. The average Bonchev–Trinajstić information content (AvgIpc) is 2.85. The SMILES string of the molecule is Cn1cc(N2CCC[C@H](SCCC(=O)OC(C)(C)C)C2=O)cn1. The number of nitrogens with zero attached hydrogens (tertiary/aromatic N) is 3. The van der Waals surface area contributed by atoms with E-state index in [9.17, 15) is 9.59 Å². The smallest absolute Gasteiger partial charge is 0.307 e. The second kappa shape index (κ2) is 7.38. The summed E-state index contributed by atoms with van der Waals surface area (Å²) in [6.07, 6.45) is 5.72. The van der Waals surface area contributed by atoms with E-state index in [0.717, 1.165) is 25.1 Å². The molecule has 2 heterocycles. The number of carbonyl (C=O) groups is 2. The molecule has 1 fully saturated rings. The van der Waals surface area contributed by atoms with E-state index in [1.807, 2.05) is 34.0 Å². The van der Waals surface area contributed by atoms with Crippen LogP contribution in [-0.2, 0) is 21.4 Å². The Morgan fingerprint density at radius 3 is 2.83 bits per heavy atom. The lowest BCUT2D eigenvalue weighted by Gasteiger charge is -2.31. The first-order valence-electron chi connectivity index (χ1n) is 7.90. The number of hydrogen-bond donors (Lipinski definition) is 0. The van der Waals surface area contributed by atoms with E-state index < -0.39 is 5.60 Å². The number of carbonyl (C=O) groups excluding carboxylic acids is 2. The van der Waals surface area contributed by atoms with Crippen molar-refractivity contribution >= 4 is 29.3 Å². The van der Waals surface area contributed by atoms with E-state index >= 15 is 0 Å². The Labute approximate surface area is 141 Å². The molecule has 1 amide bonds. The van der Waals surface area contributed by atoms with Gasteiger partial charge in [0.2, 0.25) is 5.91 Å². The lowest BCUT2D eigenvalue weighted by molar-refractivity contribution is -0.154. The highest BCUT2D eigenvalue weighted by Crippen LogP contribution is 2.28. The Kier molecular flexibility index (Phi) is 5.73. The van der Waals surface area contributed by atoms with E-state index in [1.54, 1.807) is 27.5 Å². The molecule has 1 aromatic rings. The van der Waals surface area contributed by atoms with E-state index in [1.165, 1.54) is 0 Å². The number of esters is 1. The molecule has 1 aromatic heterocycles. The zero-order valence-corrected chi connectivity index (χ0v) is 15.1. The summed E-state index contributed by atoms with van der Waals surface area (Å²) in [5.74, 6) is 0.502. The van der Waals surface area contributed by atoms with Crippen molar-refractivity contribution in [2.45, 2.75) is 50.9 Å². The van der Waals surface area contributed by atoms with E-state index in [2.05, 4.69) is 5.10 Å². The maximum atomic E-state index is 12.6. The number of piperidine rings is 1. The Bertz CT molecular complexity index is 565. The van der Waals surface area contributed by atoms with Crippen molar-refractivity contribution in [1.29, 1.82) is 0 Å². The van der Waals surface area contributed by atoms with Crippen molar-refractivity contribution < 1.29 is 14.3 Å². The summed E-state index contributed by atoms with van der Waals surface area (Å²) in [5.41, 5.74) is 0.384. The van der Waals surface area contributed by atoms with Crippen molar-refractivity contribution in [2.24, 2.45) is 7.05 Å². The first-order chi connectivity index (χ1) is 10.8. The third kappa shape index (κ3) is 5.27. The fourth-order valence-electron chi connectivity index (χ4n) is 2.48. The van der Waals surface area contributed by atoms with Crippen LogP contribution in [0, 0.1) is 0 Å². The van der Waals surface area contributed by atoms with Crippen LogP contribution in [0.5, 0.6) is 0 Å². The summed E-state index contributed by atoms with van der Waals surface area (Å²) in [5, 5.41) is 4.03. The third-order valence-electron chi connectivity index (χ3n) is 3.44. The zero-order chi connectivity index (χ0) is 17.0. The molecule has 0 bridgehead atoms. The Morgan fingerprint density at radius 1 is 1.48 bits per heavy atom. The molecular formula is C16H25N3O3S. The number of hydrogen-bond acceptors (Lipinski definition) is 5. The highest BCUT2D eigenvalue weighted by Gasteiger charge is 2.30. The molecule has 128 valence electrons. The summed E-state index contributed by atoms with van der Waals surface area (Å²) in [6.45, 7) is 6.30. The second-order valence-electron chi connectivity index (χ2n) is 6.70. The summed E-state index contributed by atoms with van der Waals surface area (Å²) < 4.78 is 6.98. The van der Waals surface area contributed by atoms with E-state index in [4.69, 9.17) is 4.74 Å². The highest BCUT2D eigenvalue weighted by atomic mass is 32.2. The van der Waals surface area contributed by atoms with Crippen molar-refractivity contribution in [2.75, 3.05) is 17.2 Å². The van der Waals surface area contributed by atoms with Gasteiger partial charge in [-0.1, -0.05) is 0 Å². The molecule has 7 heteroatoms. The predicted octanol–water partition coefficient (Wildman–Crippen LogP) is 2.38. The van der Waals surface area contributed by atoms with Gasteiger partial charge in [-0.05, 0) is 33.6 Å². The van der Waals surface area contributed by atoms with Gasteiger partial charge < -0.3 is 9.64 Å².